The predicted octanol–water partition coefficient (Wildman–Crippen LogP) is 4.28. The van der Waals surface area contributed by atoms with Crippen molar-refractivity contribution in [3.05, 3.63) is 89.7 Å². The van der Waals surface area contributed by atoms with Gasteiger partial charge in [0.2, 0.25) is 0 Å². The van der Waals surface area contributed by atoms with Crippen molar-refractivity contribution >= 4 is 17.3 Å². The molecule has 0 radical (unpaired) electrons. The van der Waals surface area contributed by atoms with E-state index in [2.05, 4.69) is 41.5 Å². The van der Waals surface area contributed by atoms with Crippen LogP contribution >= 0.6 is 0 Å². The highest BCUT2D eigenvalue weighted by Crippen LogP contribution is 2.15. The van der Waals surface area contributed by atoms with Crippen molar-refractivity contribution in [2.75, 3.05) is 17.3 Å². The van der Waals surface area contributed by atoms with Crippen molar-refractivity contribution in [2.45, 2.75) is 13.5 Å². The van der Waals surface area contributed by atoms with Crippen LogP contribution in [0.1, 0.15) is 21.6 Å². The van der Waals surface area contributed by atoms with Gasteiger partial charge in [0.1, 0.15) is 5.69 Å². The Labute approximate surface area is 148 Å². The van der Waals surface area contributed by atoms with Gasteiger partial charge in [-0.25, -0.2) is 4.98 Å². The Hall–Kier alpha value is -3.14. The van der Waals surface area contributed by atoms with Crippen LogP contribution in [-0.2, 0) is 6.54 Å². The fraction of sp³-hybridized carbons (Fsp3) is 0.143. The molecule has 0 unspecified atom stereocenters. The fourth-order valence-corrected chi connectivity index (χ4v) is 2.48. The average molecular weight is 331 g/mol. The highest BCUT2D eigenvalue weighted by molar-refractivity contribution is 6.04. The van der Waals surface area contributed by atoms with Crippen molar-refractivity contribution in [2.24, 2.45) is 0 Å². The number of pyridine rings is 1. The molecule has 1 N–H and O–H groups in total. The van der Waals surface area contributed by atoms with Gasteiger partial charge in [0, 0.05) is 19.3 Å². The van der Waals surface area contributed by atoms with E-state index in [1.54, 1.807) is 24.2 Å². The summed E-state index contributed by atoms with van der Waals surface area (Å²) in [6.45, 7) is 2.79. The molecule has 0 fully saturated rings. The summed E-state index contributed by atoms with van der Waals surface area (Å²) in [5.41, 5.74) is 4.60. The fourth-order valence-electron chi connectivity index (χ4n) is 2.48. The van der Waals surface area contributed by atoms with Gasteiger partial charge in [-0.2, -0.15) is 0 Å². The molecule has 1 heterocycles. The van der Waals surface area contributed by atoms with Gasteiger partial charge in [0.15, 0.2) is 0 Å². The predicted molar refractivity (Wildman–Crippen MR) is 102 cm³/mol. The number of carbonyl (C=O) groups excluding carboxylic acids is 1. The maximum Gasteiger partial charge on any atom is 0.276 e. The quantitative estimate of drug-likeness (QED) is 0.759. The third-order valence-corrected chi connectivity index (χ3v) is 4.05. The summed E-state index contributed by atoms with van der Waals surface area (Å²) in [5.74, 6) is -0.128. The van der Waals surface area contributed by atoms with Crippen molar-refractivity contribution in [3.63, 3.8) is 0 Å². The molecule has 0 aliphatic carbocycles. The van der Waals surface area contributed by atoms with E-state index in [0.29, 0.717) is 5.69 Å². The first-order valence-electron chi connectivity index (χ1n) is 8.22. The minimum Gasteiger partial charge on any atom is -0.380 e. The number of hydrogen-bond acceptors (Lipinski definition) is 3. The Balaban J connectivity index is 1.63. The molecule has 0 saturated heterocycles. The molecule has 3 aromatic rings. The lowest BCUT2D eigenvalue weighted by molar-refractivity contribution is 0.0988. The molecular weight excluding hydrogens is 310 g/mol. The van der Waals surface area contributed by atoms with Gasteiger partial charge in [-0.15, -0.1) is 0 Å². The van der Waals surface area contributed by atoms with Gasteiger partial charge in [0.25, 0.3) is 5.91 Å². The van der Waals surface area contributed by atoms with Gasteiger partial charge < -0.3 is 10.2 Å². The average Bonchev–Trinajstić information content (AvgIpc) is 2.67. The molecule has 126 valence electrons. The van der Waals surface area contributed by atoms with E-state index in [0.717, 1.165) is 17.9 Å². The second kappa shape index (κ2) is 7.62. The van der Waals surface area contributed by atoms with E-state index in [-0.39, 0.29) is 5.91 Å². The summed E-state index contributed by atoms with van der Waals surface area (Å²) in [7, 11) is 1.75. The molecule has 25 heavy (non-hydrogen) atoms. The molecule has 4 nitrogen and oxygen atoms in total. The summed E-state index contributed by atoms with van der Waals surface area (Å²) in [5, 5.41) is 3.32. The molecule has 0 aliphatic rings. The van der Waals surface area contributed by atoms with Crippen molar-refractivity contribution < 1.29 is 4.79 Å². The zero-order valence-electron chi connectivity index (χ0n) is 14.4. The first-order valence-corrected chi connectivity index (χ1v) is 8.22. The lowest BCUT2D eigenvalue weighted by Gasteiger charge is -2.16. The zero-order valence-corrected chi connectivity index (χ0v) is 14.4. The minimum absolute atomic E-state index is 0.128. The second-order valence-electron chi connectivity index (χ2n) is 5.97. The minimum atomic E-state index is -0.128. The van der Waals surface area contributed by atoms with Crippen LogP contribution in [0.25, 0.3) is 0 Å². The van der Waals surface area contributed by atoms with Gasteiger partial charge >= 0.3 is 0 Å². The first kappa shape index (κ1) is 16.7. The number of aryl methyl sites for hydroxylation is 1. The van der Waals surface area contributed by atoms with Gasteiger partial charge in [-0.05, 0) is 36.8 Å². The summed E-state index contributed by atoms with van der Waals surface area (Å²) in [6, 6.07) is 21.6. The highest BCUT2D eigenvalue weighted by atomic mass is 16.2. The normalized spacial score (nSPS) is 10.3. The molecule has 0 atom stereocenters. The molecule has 2 aromatic carbocycles. The summed E-state index contributed by atoms with van der Waals surface area (Å²) in [4.78, 5) is 18.4. The van der Waals surface area contributed by atoms with Crippen molar-refractivity contribution in [3.8, 4) is 0 Å². The van der Waals surface area contributed by atoms with Crippen LogP contribution in [0.2, 0.25) is 0 Å². The number of benzene rings is 2. The molecule has 0 saturated carbocycles. The molecular formula is C21H21N3O. The van der Waals surface area contributed by atoms with E-state index in [1.165, 1.54) is 11.1 Å². The van der Waals surface area contributed by atoms with Crippen molar-refractivity contribution in [1.82, 2.24) is 4.98 Å². The zero-order chi connectivity index (χ0) is 17.6. The first-order chi connectivity index (χ1) is 12.1. The smallest absolute Gasteiger partial charge is 0.276 e. The lowest BCUT2D eigenvalue weighted by Crippen LogP contribution is -2.26. The summed E-state index contributed by atoms with van der Waals surface area (Å²) < 4.78 is 0. The molecule has 3 rings (SSSR count). The molecule has 0 aliphatic heterocycles. The molecule has 0 spiro atoms. The number of nitrogens with zero attached hydrogens (tertiary/aromatic N) is 2. The third-order valence-electron chi connectivity index (χ3n) is 4.05. The summed E-state index contributed by atoms with van der Waals surface area (Å²) in [6.07, 6.45) is 1.69. The van der Waals surface area contributed by atoms with Crippen LogP contribution in [0, 0.1) is 6.92 Å². The number of anilines is 2. The van der Waals surface area contributed by atoms with Crippen LogP contribution in [0.3, 0.4) is 0 Å². The summed E-state index contributed by atoms with van der Waals surface area (Å²) >= 11 is 0. The lowest BCUT2D eigenvalue weighted by atomic mass is 10.1. The maximum absolute atomic E-state index is 12.5. The number of nitrogens with one attached hydrogen (secondary N) is 1. The van der Waals surface area contributed by atoms with Crippen LogP contribution in [0.5, 0.6) is 0 Å². The number of hydrogen-bond donors (Lipinski definition) is 1. The maximum atomic E-state index is 12.5. The monoisotopic (exact) mass is 331 g/mol. The number of aromatic nitrogens is 1. The number of amides is 1. The van der Waals surface area contributed by atoms with E-state index in [4.69, 9.17) is 0 Å². The number of carbonyl (C=O) groups is 1. The number of rotatable bonds is 5. The van der Waals surface area contributed by atoms with Crippen LogP contribution in [0.4, 0.5) is 11.4 Å². The molecule has 1 aromatic heterocycles. The Bertz CT molecular complexity index is 827. The van der Waals surface area contributed by atoms with Gasteiger partial charge in [-0.3, -0.25) is 4.79 Å². The van der Waals surface area contributed by atoms with Crippen LogP contribution in [-0.4, -0.2) is 17.9 Å². The Morgan fingerprint density at radius 1 is 1.00 bits per heavy atom. The third kappa shape index (κ3) is 4.23. The second-order valence-corrected chi connectivity index (χ2v) is 5.97. The van der Waals surface area contributed by atoms with Crippen molar-refractivity contribution in [1.29, 1.82) is 0 Å². The Morgan fingerprint density at radius 2 is 1.72 bits per heavy atom. The molecule has 0 bridgehead atoms. The molecule has 1 amide bonds. The standard InChI is InChI=1S/C21H21N3O/c1-16-8-10-17(11-9-16)14-22-18-12-13-20(23-15-18)21(25)24(2)19-6-4-3-5-7-19/h3-13,15,22H,14H2,1-2H3. The van der Waals surface area contributed by atoms with E-state index >= 15 is 0 Å². The SMILES string of the molecule is Cc1ccc(CNc2ccc(C(=O)N(C)c3ccccc3)nc2)cc1. The number of para-hydroxylation sites is 1. The van der Waals surface area contributed by atoms with E-state index < -0.39 is 0 Å². The Morgan fingerprint density at radius 3 is 2.36 bits per heavy atom. The highest BCUT2D eigenvalue weighted by Gasteiger charge is 2.14. The topological polar surface area (TPSA) is 45.2 Å². The van der Waals surface area contributed by atoms with E-state index in [9.17, 15) is 4.79 Å². The van der Waals surface area contributed by atoms with Crippen LogP contribution in [0.15, 0.2) is 72.9 Å². The largest absolute Gasteiger partial charge is 0.380 e. The Kier molecular flexibility index (Phi) is 5.09. The van der Waals surface area contributed by atoms with E-state index in [1.807, 2.05) is 36.4 Å². The van der Waals surface area contributed by atoms with Crippen LogP contribution < -0.4 is 10.2 Å². The van der Waals surface area contributed by atoms with Gasteiger partial charge in [0.05, 0.1) is 11.9 Å². The van der Waals surface area contributed by atoms with Gasteiger partial charge in [-0.1, -0.05) is 48.0 Å². The molecule has 4 heteroatoms.